The first-order valence-corrected chi connectivity index (χ1v) is 9.48. The van der Waals surface area contributed by atoms with E-state index in [9.17, 15) is 4.79 Å². The molecule has 132 valence electrons. The van der Waals surface area contributed by atoms with Crippen molar-refractivity contribution in [3.05, 3.63) is 46.8 Å². The summed E-state index contributed by atoms with van der Waals surface area (Å²) in [6.45, 7) is 4.10. The van der Waals surface area contributed by atoms with E-state index >= 15 is 0 Å². The van der Waals surface area contributed by atoms with Gasteiger partial charge in [0.05, 0.1) is 5.69 Å². The van der Waals surface area contributed by atoms with Crippen LogP contribution in [0, 0.1) is 0 Å². The first-order chi connectivity index (χ1) is 12.3. The Hall–Kier alpha value is -2.14. The third kappa shape index (κ3) is 3.21. The second kappa shape index (κ2) is 7.00. The lowest BCUT2D eigenvalue weighted by molar-refractivity contribution is 0.0923. The number of fused-ring (bicyclic) bond motifs is 1. The summed E-state index contributed by atoms with van der Waals surface area (Å²) in [5, 5.41) is 11.2. The molecule has 2 heterocycles. The van der Waals surface area contributed by atoms with Crippen molar-refractivity contribution in [2.45, 2.75) is 51.5 Å². The Kier molecular flexibility index (Phi) is 4.57. The average molecular weight is 338 g/mol. The van der Waals surface area contributed by atoms with Crippen molar-refractivity contribution in [2.75, 3.05) is 13.1 Å². The second-order valence-corrected chi connectivity index (χ2v) is 7.06. The molecule has 1 saturated heterocycles. The van der Waals surface area contributed by atoms with Gasteiger partial charge in [-0.05, 0) is 69.3 Å². The molecular formula is C20H26N4O. The minimum absolute atomic E-state index is 0.00558. The van der Waals surface area contributed by atoms with Gasteiger partial charge in [0.2, 0.25) is 0 Å². The number of carbonyl (C=O) groups excluding carboxylic acids is 1. The highest BCUT2D eigenvalue weighted by atomic mass is 16.2. The number of aryl methyl sites for hydroxylation is 1. The van der Waals surface area contributed by atoms with Crippen LogP contribution in [-0.4, -0.2) is 34.8 Å². The van der Waals surface area contributed by atoms with Crippen molar-refractivity contribution in [1.29, 1.82) is 0 Å². The fourth-order valence-corrected chi connectivity index (χ4v) is 3.93. The number of nitrogens with one attached hydrogen (secondary N) is 2. The highest BCUT2D eigenvalue weighted by molar-refractivity contribution is 5.94. The summed E-state index contributed by atoms with van der Waals surface area (Å²) in [4.78, 5) is 12.8. The maximum Gasteiger partial charge on any atom is 0.272 e. The summed E-state index contributed by atoms with van der Waals surface area (Å²) in [6.07, 6.45) is 6.07. The highest BCUT2D eigenvalue weighted by Crippen LogP contribution is 2.28. The third-order valence-electron chi connectivity index (χ3n) is 5.41. The monoisotopic (exact) mass is 338 g/mol. The summed E-state index contributed by atoms with van der Waals surface area (Å²) >= 11 is 0. The van der Waals surface area contributed by atoms with Crippen LogP contribution in [0.4, 0.5) is 0 Å². The molecule has 1 fully saturated rings. The molecular weight excluding hydrogens is 312 g/mol. The standard InChI is InChI=1S/C20H26N4O/c1-2-14-6-8-16(9-7-14)24-18-5-3-4-17(18)19(23-24)20(25)22-15-10-12-21-13-11-15/h6-9,15,21H,2-5,10-13H2,1H3,(H,22,25). The zero-order chi connectivity index (χ0) is 17.2. The molecule has 2 N–H and O–H groups in total. The summed E-state index contributed by atoms with van der Waals surface area (Å²) in [5.41, 5.74) is 5.35. The molecule has 1 aliphatic heterocycles. The maximum atomic E-state index is 12.8. The third-order valence-corrected chi connectivity index (χ3v) is 5.41. The van der Waals surface area contributed by atoms with E-state index in [1.807, 2.05) is 4.68 Å². The van der Waals surface area contributed by atoms with E-state index in [4.69, 9.17) is 5.10 Å². The van der Waals surface area contributed by atoms with Gasteiger partial charge in [-0.1, -0.05) is 19.1 Å². The number of benzene rings is 1. The van der Waals surface area contributed by atoms with Gasteiger partial charge in [-0.3, -0.25) is 4.79 Å². The van der Waals surface area contributed by atoms with E-state index in [1.54, 1.807) is 0 Å². The van der Waals surface area contributed by atoms with Gasteiger partial charge >= 0.3 is 0 Å². The summed E-state index contributed by atoms with van der Waals surface area (Å²) in [6, 6.07) is 8.78. The van der Waals surface area contributed by atoms with Crippen LogP contribution in [0.5, 0.6) is 0 Å². The lowest BCUT2D eigenvalue weighted by atomic mass is 10.1. The van der Waals surface area contributed by atoms with Gasteiger partial charge in [0, 0.05) is 17.3 Å². The first-order valence-electron chi connectivity index (χ1n) is 9.48. The number of nitrogens with zero attached hydrogens (tertiary/aromatic N) is 2. The predicted molar refractivity (Wildman–Crippen MR) is 98.3 cm³/mol. The summed E-state index contributed by atoms with van der Waals surface area (Å²) in [5.74, 6) is -0.00558. The van der Waals surface area contributed by atoms with Crippen LogP contribution in [0.3, 0.4) is 0 Å². The van der Waals surface area contributed by atoms with Crippen molar-refractivity contribution >= 4 is 5.91 Å². The Morgan fingerprint density at radius 1 is 1.24 bits per heavy atom. The van der Waals surface area contributed by atoms with E-state index in [0.29, 0.717) is 5.69 Å². The molecule has 0 bridgehead atoms. The average Bonchev–Trinajstić information content (AvgIpc) is 3.25. The molecule has 1 aliphatic carbocycles. The second-order valence-electron chi connectivity index (χ2n) is 7.06. The minimum atomic E-state index is -0.00558. The normalized spacial score (nSPS) is 17.5. The van der Waals surface area contributed by atoms with Crippen LogP contribution in [0.1, 0.15) is 53.5 Å². The van der Waals surface area contributed by atoms with Crippen LogP contribution in [0.15, 0.2) is 24.3 Å². The molecule has 0 atom stereocenters. The molecule has 0 spiro atoms. The molecule has 1 aromatic heterocycles. The van der Waals surface area contributed by atoms with Gasteiger partial charge in [0.1, 0.15) is 0 Å². The lowest BCUT2D eigenvalue weighted by Crippen LogP contribution is -2.43. The molecule has 5 nitrogen and oxygen atoms in total. The van der Waals surface area contributed by atoms with Crippen molar-refractivity contribution < 1.29 is 4.79 Å². The zero-order valence-corrected chi connectivity index (χ0v) is 14.8. The first kappa shape index (κ1) is 16.3. The molecule has 2 aromatic rings. The molecule has 4 rings (SSSR count). The number of hydrogen-bond donors (Lipinski definition) is 2. The largest absolute Gasteiger partial charge is 0.348 e. The molecule has 0 radical (unpaired) electrons. The van der Waals surface area contributed by atoms with Gasteiger partial charge in [0.15, 0.2) is 5.69 Å². The van der Waals surface area contributed by atoms with E-state index in [1.165, 1.54) is 11.3 Å². The maximum absolute atomic E-state index is 12.8. The topological polar surface area (TPSA) is 59.0 Å². The lowest BCUT2D eigenvalue weighted by Gasteiger charge is -2.23. The Balaban J connectivity index is 1.61. The molecule has 2 aliphatic rings. The molecule has 0 unspecified atom stereocenters. The molecule has 25 heavy (non-hydrogen) atoms. The Labute approximate surface area is 148 Å². The summed E-state index contributed by atoms with van der Waals surface area (Å²) < 4.78 is 1.99. The fourth-order valence-electron chi connectivity index (χ4n) is 3.93. The molecule has 1 amide bonds. The van der Waals surface area contributed by atoms with Crippen molar-refractivity contribution in [3.63, 3.8) is 0 Å². The SMILES string of the molecule is CCc1ccc(-n2nc(C(=O)NC3CCNCC3)c3c2CCC3)cc1. The van der Waals surface area contributed by atoms with Gasteiger partial charge in [-0.25, -0.2) is 4.68 Å². The van der Waals surface area contributed by atoms with E-state index in [-0.39, 0.29) is 11.9 Å². The van der Waals surface area contributed by atoms with Crippen molar-refractivity contribution in [1.82, 2.24) is 20.4 Å². The van der Waals surface area contributed by atoms with Crippen molar-refractivity contribution in [3.8, 4) is 5.69 Å². The van der Waals surface area contributed by atoms with Gasteiger partial charge in [-0.15, -0.1) is 0 Å². The smallest absolute Gasteiger partial charge is 0.272 e. The number of rotatable bonds is 4. The van der Waals surface area contributed by atoms with Gasteiger partial charge in [0.25, 0.3) is 5.91 Å². The van der Waals surface area contributed by atoms with Crippen LogP contribution < -0.4 is 10.6 Å². The van der Waals surface area contributed by atoms with Crippen LogP contribution >= 0.6 is 0 Å². The number of hydrogen-bond acceptors (Lipinski definition) is 3. The van der Waals surface area contributed by atoms with Crippen LogP contribution in [-0.2, 0) is 19.3 Å². The minimum Gasteiger partial charge on any atom is -0.348 e. The molecule has 0 saturated carbocycles. The zero-order valence-electron chi connectivity index (χ0n) is 14.8. The Morgan fingerprint density at radius 3 is 2.72 bits per heavy atom. The van der Waals surface area contributed by atoms with E-state index in [0.717, 1.165) is 62.9 Å². The molecule has 5 heteroatoms. The number of piperidine rings is 1. The predicted octanol–water partition coefficient (Wildman–Crippen LogP) is 2.41. The van der Waals surface area contributed by atoms with Crippen LogP contribution in [0.2, 0.25) is 0 Å². The van der Waals surface area contributed by atoms with Gasteiger partial charge in [-0.2, -0.15) is 5.10 Å². The number of carbonyl (C=O) groups is 1. The van der Waals surface area contributed by atoms with Crippen molar-refractivity contribution in [2.24, 2.45) is 0 Å². The van der Waals surface area contributed by atoms with E-state index < -0.39 is 0 Å². The van der Waals surface area contributed by atoms with Gasteiger partial charge < -0.3 is 10.6 Å². The quantitative estimate of drug-likeness (QED) is 0.900. The molecule has 1 aromatic carbocycles. The number of aromatic nitrogens is 2. The summed E-state index contributed by atoms with van der Waals surface area (Å²) in [7, 11) is 0. The highest BCUT2D eigenvalue weighted by Gasteiger charge is 2.28. The Bertz CT molecular complexity index is 757. The fraction of sp³-hybridized carbons (Fsp3) is 0.500. The Morgan fingerprint density at radius 2 is 2.00 bits per heavy atom. The van der Waals surface area contributed by atoms with Crippen LogP contribution in [0.25, 0.3) is 5.69 Å². The van der Waals surface area contributed by atoms with E-state index in [2.05, 4.69) is 41.8 Å². The number of amides is 1.